The van der Waals surface area contributed by atoms with Gasteiger partial charge in [0.15, 0.2) is 5.17 Å². The fourth-order valence-electron chi connectivity index (χ4n) is 1.66. The Morgan fingerprint density at radius 2 is 1.94 bits per heavy atom. The number of hydrogen-bond acceptors (Lipinski definition) is 3. The predicted molar refractivity (Wildman–Crippen MR) is 76.5 cm³/mol. The average molecular weight is 248 g/mol. The van der Waals surface area contributed by atoms with Crippen molar-refractivity contribution in [3.63, 3.8) is 0 Å². The van der Waals surface area contributed by atoms with Gasteiger partial charge in [0.25, 0.3) is 0 Å². The number of thioether (sulfide) groups is 1. The fourth-order valence-corrected chi connectivity index (χ4v) is 2.71. The molecule has 2 unspecified atom stereocenters. The van der Waals surface area contributed by atoms with Crippen molar-refractivity contribution in [1.29, 1.82) is 0 Å². The van der Waals surface area contributed by atoms with Gasteiger partial charge >= 0.3 is 0 Å². The summed E-state index contributed by atoms with van der Waals surface area (Å²) in [6.07, 6.45) is 0. The van der Waals surface area contributed by atoms with Gasteiger partial charge < -0.3 is 5.32 Å². The summed E-state index contributed by atoms with van der Waals surface area (Å²) in [6.45, 7) is 6.67. The van der Waals surface area contributed by atoms with Crippen molar-refractivity contribution in [3.8, 4) is 0 Å². The molecule has 3 heteroatoms. The molecule has 0 spiro atoms. The van der Waals surface area contributed by atoms with Crippen LogP contribution in [0.1, 0.15) is 32.4 Å². The minimum atomic E-state index is 0.322. The maximum atomic E-state index is 4.75. The Bertz CT molecular complexity index is 386. The summed E-state index contributed by atoms with van der Waals surface area (Å²) < 4.78 is 0. The standard InChI is InChI=1S/C14H20N2S/c1-10(2)11(3)15-14-16-13(9-17-14)12-7-5-4-6-8-12/h4-8,10-11,13H,9H2,1-3H3,(H,15,16). The SMILES string of the molecule is CC(C)C(C)NC1=NC(c2ccccc2)CS1. The molecular weight excluding hydrogens is 228 g/mol. The van der Waals surface area contributed by atoms with Gasteiger partial charge in [-0.3, -0.25) is 4.99 Å². The minimum absolute atomic E-state index is 0.322. The summed E-state index contributed by atoms with van der Waals surface area (Å²) in [7, 11) is 0. The smallest absolute Gasteiger partial charge is 0.157 e. The molecule has 0 saturated carbocycles. The molecule has 0 saturated heterocycles. The molecule has 17 heavy (non-hydrogen) atoms. The molecule has 0 amide bonds. The molecule has 0 fully saturated rings. The zero-order valence-corrected chi connectivity index (χ0v) is 11.5. The molecule has 1 aromatic carbocycles. The number of aliphatic imine (C=N–C) groups is 1. The van der Waals surface area contributed by atoms with Crippen molar-refractivity contribution >= 4 is 16.9 Å². The first-order chi connectivity index (χ1) is 8.16. The van der Waals surface area contributed by atoms with Crippen molar-refractivity contribution in [2.75, 3.05) is 5.75 Å². The van der Waals surface area contributed by atoms with Gasteiger partial charge in [0, 0.05) is 11.8 Å². The van der Waals surface area contributed by atoms with Crippen LogP contribution in [0.4, 0.5) is 0 Å². The van der Waals surface area contributed by atoms with E-state index in [1.165, 1.54) is 5.56 Å². The molecule has 0 aliphatic carbocycles. The molecule has 1 aromatic rings. The van der Waals surface area contributed by atoms with E-state index in [0.717, 1.165) is 10.9 Å². The lowest BCUT2D eigenvalue weighted by Gasteiger charge is -2.17. The monoisotopic (exact) mass is 248 g/mol. The molecule has 0 bridgehead atoms. The minimum Gasteiger partial charge on any atom is -0.362 e. The Kier molecular flexibility index (Phi) is 4.11. The highest BCUT2D eigenvalue weighted by Gasteiger charge is 2.21. The number of hydrogen-bond donors (Lipinski definition) is 1. The molecule has 1 heterocycles. The summed E-state index contributed by atoms with van der Waals surface area (Å²) >= 11 is 1.83. The number of nitrogens with one attached hydrogen (secondary N) is 1. The van der Waals surface area contributed by atoms with Crippen LogP contribution in [0.15, 0.2) is 35.3 Å². The zero-order chi connectivity index (χ0) is 12.3. The first kappa shape index (κ1) is 12.5. The molecule has 1 aliphatic rings. The van der Waals surface area contributed by atoms with E-state index in [1.54, 1.807) is 0 Å². The van der Waals surface area contributed by atoms with E-state index in [1.807, 2.05) is 11.8 Å². The summed E-state index contributed by atoms with van der Waals surface area (Å²) in [5, 5.41) is 4.59. The van der Waals surface area contributed by atoms with Crippen molar-refractivity contribution in [2.24, 2.45) is 10.9 Å². The van der Waals surface area contributed by atoms with Crippen molar-refractivity contribution in [1.82, 2.24) is 5.32 Å². The van der Waals surface area contributed by atoms with E-state index in [9.17, 15) is 0 Å². The van der Waals surface area contributed by atoms with Gasteiger partial charge in [0.05, 0.1) is 6.04 Å². The molecular formula is C14H20N2S. The normalized spacial score (nSPS) is 21.4. The predicted octanol–water partition coefficient (Wildman–Crippen LogP) is 3.46. The highest BCUT2D eigenvalue weighted by molar-refractivity contribution is 8.14. The van der Waals surface area contributed by atoms with Crippen LogP contribution in [0.3, 0.4) is 0 Å². The number of amidine groups is 1. The van der Waals surface area contributed by atoms with Gasteiger partial charge in [-0.1, -0.05) is 55.9 Å². The van der Waals surface area contributed by atoms with Gasteiger partial charge in [0.2, 0.25) is 0 Å². The van der Waals surface area contributed by atoms with Crippen molar-refractivity contribution in [3.05, 3.63) is 35.9 Å². The maximum absolute atomic E-state index is 4.75. The highest BCUT2D eigenvalue weighted by atomic mass is 32.2. The highest BCUT2D eigenvalue weighted by Crippen LogP contribution is 2.29. The summed E-state index contributed by atoms with van der Waals surface area (Å²) in [6, 6.07) is 11.3. The Labute approximate surface area is 108 Å². The van der Waals surface area contributed by atoms with Gasteiger partial charge in [-0.2, -0.15) is 0 Å². The van der Waals surface area contributed by atoms with Gasteiger partial charge in [0.1, 0.15) is 0 Å². The van der Waals surface area contributed by atoms with Crippen LogP contribution in [0.5, 0.6) is 0 Å². The third kappa shape index (κ3) is 3.25. The summed E-state index contributed by atoms with van der Waals surface area (Å²) in [5.41, 5.74) is 1.31. The van der Waals surface area contributed by atoms with E-state index in [4.69, 9.17) is 4.99 Å². The van der Waals surface area contributed by atoms with Crippen LogP contribution in [0.25, 0.3) is 0 Å². The molecule has 2 nitrogen and oxygen atoms in total. The lowest BCUT2D eigenvalue weighted by molar-refractivity contribution is 0.489. The maximum Gasteiger partial charge on any atom is 0.157 e. The number of nitrogens with zero attached hydrogens (tertiary/aromatic N) is 1. The Hall–Kier alpha value is -0.960. The number of benzene rings is 1. The van der Waals surface area contributed by atoms with E-state index in [0.29, 0.717) is 18.0 Å². The summed E-state index contributed by atoms with van der Waals surface area (Å²) in [4.78, 5) is 4.75. The molecule has 0 aromatic heterocycles. The van der Waals surface area contributed by atoms with Crippen LogP contribution < -0.4 is 5.32 Å². The van der Waals surface area contributed by atoms with Crippen molar-refractivity contribution in [2.45, 2.75) is 32.9 Å². The number of rotatable bonds is 3. The fraction of sp³-hybridized carbons (Fsp3) is 0.500. The first-order valence-corrected chi connectivity index (χ1v) is 7.17. The van der Waals surface area contributed by atoms with E-state index >= 15 is 0 Å². The quantitative estimate of drug-likeness (QED) is 0.886. The molecule has 1 aliphatic heterocycles. The first-order valence-electron chi connectivity index (χ1n) is 6.19. The third-order valence-electron chi connectivity index (χ3n) is 3.19. The largest absolute Gasteiger partial charge is 0.362 e. The lowest BCUT2D eigenvalue weighted by Crippen LogP contribution is -2.33. The van der Waals surface area contributed by atoms with E-state index in [-0.39, 0.29) is 0 Å². The zero-order valence-electron chi connectivity index (χ0n) is 10.7. The molecule has 1 N–H and O–H groups in total. The lowest BCUT2D eigenvalue weighted by atomic mass is 10.1. The second-order valence-electron chi connectivity index (χ2n) is 4.85. The topological polar surface area (TPSA) is 24.4 Å². The van der Waals surface area contributed by atoms with Crippen LogP contribution in [0.2, 0.25) is 0 Å². The van der Waals surface area contributed by atoms with E-state index in [2.05, 4.69) is 56.4 Å². The van der Waals surface area contributed by atoms with Crippen molar-refractivity contribution < 1.29 is 0 Å². The molecule has 2 atom stereocenters. The van der Waals surface area contributed by atoms with Gasteiger partial charge in [-0.15, -0.1) is 0 Å². The van der Waals surface area contributed by atoms with Gasteiger partial charge in [-0.05, 0) is 18.4 Å². The van der Waals surface area contributed by atoms with E-state index < -0.39 is 0 Å². The Balaban J connectivity index is 2.00. The van der Waals surface area contributed by atoms with Crippen LogP contribution in [0, 0.1) is 5.92 Å². The second kappa shape index (κ2) is 5.58. The summed E-state index contributed by atoms with van der Waals surface area (Å²) in [5.74, 6) is 1.69. The Morgan fingerprint density at radius 3 is 2.59 bits per heavy atom. The third-order valence-corrected chi connectivity index (χ3v) is 4.17. The van der Waals surface area contributed by atoms with Crippen LogP contribution >= 0.6 is 11.8 Å². The average Bonchev–Trinajstić information content (AvgIpc) is 2.78. The molecule has 2 rings (SSSR count). The van der Waals surface area contributed by atoms with Gasteiger partial charge in [-0.25, -0.2) is 0 Å². The van der Waals surface area contributed by atoms with Crippen LogP contribution in [-0.4, -0.2) is 17.0 Å². The molecule has 92 valence electrons. The van der Waals surface area contributed by atoms with Crippen LogP contribution in [-0.2, 0) is 0 Å². The Morgan fingerprint density at radius 1 is 1.24 bits per heavy atom. The second-order valence-corrected chi connectivity index (χ2v) is 5.86. The molecule has 0 radical (unpaired) electrons.